The summed E-state index contributed by atoms with van der Waals surface area (Å²) in [5.74, 6) is -0.0973. The smallest absolute Gasteiger partial charge is 0.180 e. The van der Waals surface area contributed by atoms with Crippen LogP contribution >= 0.6 is 11.6 Å². The minimum atomic E-state index is -3.44. The van der Waals surface area contributed by atoms with Crippen molar-refractivity contribution >= 4 is 21.4 Å². The first-order valence-corrected chi connectivity index (χ1v) is 7.45. The predicted octanol–water partition coefficient (Wildman–Crippen LogP) is 1.88. The van der Waals surface area contributed by atoms with E-state index in [2.05, 4.69) is 5.10 Å². The summed E-state index contributed by atoms with van der Waals surface area (Å²) in [6, 6.07) is 7.88. The minimum absolute atomic E-state index is 0.0973. The van der Waals surface area contributed by atoms with Gasteiger partial charge in [0.1, 0.15) is 0 Å². The van der Waals surface area contributed by atoms with Gasteiger partial charge in [0.05, 0.1) is 40.0 Å². The summed E-state index contributed by atoms with van der Waals surface area (Å²) in [7, 11) is -3.44. The van der Waals surface area contributed by atoms with E-state index in [0.29, 0.717) is 10.6 Å². The molecule has 0 fully saturated rings. The number of nitrogens with zero attached hydrogens (tertiary/aromatic N) is 3. The van der Waals surface area contributed by atoms with E-state index in [1.165, 1.54) is 23.0 Å². The standard InChI is InChI=1S/C12H10ClN3O2S/c13-11-8-15-16(9-11)4-5-19(17,18)12-3-1-2-10(6-12)7-14/h1-3,6,8-9H,4-5H2. The van der Waals surface area contributed by atoms with Crippen LogP contribution in [0, 0.1) is 11.3 Å². The summed E-state index contributed by atoms with van der Waals surface area (Å²) in [6.07, 6.45) is 3.01. The highest BCUT2D eigenvalue weighted by Gasteiger charge is 2.15. The average molecular weight is 296 g/mol. The van der Waals surface area contributed by atoms with Gasteiger partial charge in [0.2, 0.25) is 0 Å². The number of rotatable bonds is 4. The van der Waals surface area contributed by atoms with Crippen molar-refractivity contribution in [2.75, 3.05) is 5.75 Å². The molecule has 0 saturated carbocycles. The van der Waals surface area contributed by atoms with E-state index < -0.39 is 9.84 Å². The molecular formula is C12H10ClN3O2S. The van der Waals surface area contributed by atoms with Gasteiger partial charge in [-0.2, -0.15) is 10.4 Å². The SMILES string of the molecule is N#Cc1cccc(S(=O)(=O)CCn2cc(Cl)cn2)c1. The molecule has 5 nitrogen and oxygen atoms in total. The van der Waals surface area contributed by atoms with Gasteiger partial charge >= 0.3 is 0 Å². The number of hydrogen-bond acceptors (Lipinski definition) is 4. The van der Waals surface area contributed by atoms with Crippen LogP contribution < -0.4 is 0 Å². The van der Waals surface area contributed by atoms with Crippen LogP contribution in [-0.4, -0.2) is 24.0 Å². The lowest BCUT2D eigenvalue weighted by Gasteiger charge is -2.05. The maximum Gasteiger partial charge on any atom is 0.180 e. The molecule has 2 rings (SSSR count). The molecule has 0 aliphatic heterocycles. The van der Waals surface area contributed by atoms with Gasteiger partial charge in [-0.15, -0.1) is 0 Å². The van der Waals surface area contributed by atoms with Crippen LogP contribution in [0.25, 0.3) is 0 Å². The maximum atomic E-state index is 12.1. The van der Waals surface area contributed by atoms with Crippen LogP contribution in [0.5, 0.6) is 0 Å². The van der Waals surface area contributed by atoms with Crippen LogP contribution in [0.3, 0.4) is 0 Å². The van der Waals surface area contributed by atoms with Gasteiger partial charge < -0.3 is 0 Å². The first-order valence-electron chi connectivity index (χ1n) is 5.42. The Bertz CT molecular complexity index is 731. The van der Waals surface area contributed by atoms with Crippen LogP contribution in [0.15, 0.2) is 41.6 Å². The van der Waals surface area contributed by atoms with Crippen molar-refractivity contribution in [1.29, 1.82) is 5.26 Å². The van der Waals surface area contributed by atoms with Crippen LogP contribution in [-0.2, 0) is 16.4 Å². The van der Waals surface area contributed by atoms with Crippen molar-refractivity contribution in [3.63, 3.8) is 0 Å². The largest absolute Gasteiger partial charge is 0.270 e. The Kier molecular flexibility index (Phi) is 3.88. The monoisotopic (exact) mass is 295 g/mol. The number of aryl methyl sites for hydroxylation is 1. The summed E-state index contributed by atoms with van der Waals surface area (Å²) in [5, 5.41) is 13.1. The highest BCUT2D eigenvalue weighted by Crippen LogP contribution is 2.14. The van der Waals surface area contributed by atoms with E-state index in [0.717, 1.165) is 0 Å². The average Bonchev–Trinajstić information content (AvgIpc) is 2.82. The van der Waals surface area contributed by atoms with Crippen molar-refractivity contribution in [2.45, 2.75) is 11.4 Å². The van der Waals surface area contributed by atoms with Crippen molar-refractivity contribution in [2.24, 2.45) is 0 Å². The molecular weight excluding hydrogens is 286 g/mol. The van der Waals surface area contributed by atoms with Gasteiger partial charge in [0.15, 0.2) is 9.84 Å². The quantitative estimate of drug-likeness (QED) is 0.863. The zero-order valence-corrected chi connectivity index (χ0v) is 11.4. The molecule has 0 bridgehead atoms. The van der Waals surface area contributed by atoms with E-state index in [1.807, 2.05) is 6.07 Å². The van der Waals surface area contributed by atoms with Gasteiger partial charge in [-0.05, 0) is 18.2 Å². The zero-order chi connectivity index (χ0) is 13.9. The lowest BCUT2D eigenvalue weighted by atomic mass is 10.2. The molecule has 0 unspecified atom stereocenters. The summed E-state index contributed by atoms with van der Waals surface area (Å²) >= 11 is 5.70. The van der Waals surface area contributed by atoms with E-state index in [9.17, 15) is 8.42 Å². The molecule has 0 aliphatic rings. The molecule has 0 spiro atoms. The fourth-order valence-electron chi connectivity index (χ4n) is 1.55. The fraction of sp³-hybridized carbons (Fsp3) is 0.167. The van der Waals surface area contributed by atoms with E-state index in [1.54, 1.807) is 18.3 Å². The second-order valence-corrected chi connectivity index (χ2v) is 6.43. The first-order chi connectivity index (χ1) is 9.01. The normalized spacial score (nSPS) is 11.2. The number of hydrogen-bond donors (Lipinski definition) is 0. The summed E-state index contributed by atoms with van der Waals surface area (Å²) < 4.78 is 25.7. The van der Waals surface area contributed by atoms with Crippen LogP contribution in [0.4, 0.5) is 0 Å². The minimum Gasteiger partial charge on any atom is -0.270 e. The molecule has 98 valence electrons. The number of nitriles is 1. The van der Waals surface area contributed by atoms with Crippen molar-refractivity contribution < 1.29 is 8.42 Å². The fourth-order valence-corrected chi connectivity index (χ4v) is 2.96. The van der Waals surface area contributed by atoms with Gasteiger partial charge in [-0.25, -0.2) is 8.42 Å². The predicted molar refractivity (Wildman–Crippen MR) is 70.4 cm³/mol. The molecule has 0 radical (unpaired) electrons. The van der Waals surface area contributed by atoms with Crippen molar-refractivity contribution in [3.8, 4) is 6.07 Å². The van der Waals surface area contributed by atoms with E-state index in [4.69, 9.17) is 16.9 Å². The molecule has 0 amide bonds. The highest BCUT2D eigenvalue weighted by molar-refractivity contribution is 7.91. The molecule has 19 heavy (non-hydrogen) atoms. The maximum absolute atomic E-state index is 12.1. The summed E-state index contributed by atoms with van der Waals surface area (Å²) in [5.41, 5.74) is 0.322. The number of sulfone groups is 1. The van der Waals surface area contributed by atoms with Crippen molar-refractivity contribution in [3.05, 3.63) is 47.2 Å². The highest BCUT2D eigenvalue weighted by atomic mass is 35.5. The zero-order valence-electron chi connectivity index (χ0n) is 9.82. The third-order valence-electron chi connectivity index (χ3n) is 2.51. The molecule has 0 N–H and O–H groups in total. The van der Waals surface area contributed by atoms with Gasteiger partial charge in [0.25, 0.3) is 0 Å². The van der Waals surface area contributed by atoms with E-state index in [-0.39, 0.29) is 17.2 Å². The number of halogens is 1. The Balaban J connectivity index is 2.16. The van der Waals surface area contributed by atoms with Crippen LogP contribution in [0.1, 0.15) is 5.56 Å². The topological polar surface area (TPSA) is 75.8 Å². The Hall–Kier alpha value is -1.84. The second-order valence-electron chi connectivity index (χ2n) is 3.88. The van der Waals surface area contributed by atoms with Crippen molar-refractivity contribution in [1.82, 2.24) is 9.78 Å². The third-order valence-corrected chi connectivity index (χ3v) is 4.40. The number of benzene rings is 1. The molecule has 1 aromatic carbocycles. The van der Waals surface area contributed by atoms with Gasteiger partial charge in [-0.1, -0.05) is 17.7 Å². The molecule has 0 aliphatic carbocycles. The first kappa shape index (κ1) is 13.6. The number of aromatic nitrogens is 2. The van der Waals surface area contributed by atoms with E-state index >= 15 is 0 Å². The molecule has 7 heteroatoms. The Morgan fingerprint density at radius 3 is 2.84 bits per heavy atom. The molecule has 0 saturated heterocycles. The molecule has 1 aromatic heterocycles. The van der Waals surface area contributed by atoms with Gasteiger partial charge in [-0.3, -0.25) is 4.68 Å². The second kappa shape index (κ2) is 5.43. The Morgan fingerprint density at radius 2 is 2.21 bits per heavy atom. The molecule has 0 atom stereocenters. The summed E-state index contributed by atoms with van der Waals surface area (Å²) in [6.45, 7) is 0.214. The lowest BCUT2D eigenvalue weighted by Crippen LogP contribution is -2.13. The Morgan fingerprint density at radius 1 is 1.42 bits per heavy atom. The van der Waals surface area contributed by atoms with Gasteiger partial charge in [0, 0.05) is 6.20 Å². The Labute approximate surface area is 116 Å². The third kappa shape index (κ3) is 3.34. The molecule has 1 heterocycles. The summed E-state index contributed by atoms with van der Waals surface area (Å²) in [4.78, 5) is 0.143. The van der Waals surface area contributed by atoms with Crippen LogP contribution in [0.2, 0.25) is 5.02 Å². The lowest BCUT2D eigenvalue weighted by molar-refractivity contribution is 0.580. The molecule has 2 aromatic rings.